The van der Waals surface area contributed by atoms with Crippen LogP contribution in [0.15, 0.2) is 29.3 Å². The van der Waals surface area contributed by atoms with Gasteiger partial charge in [-0.2, -0.15) is 0 Å². The van der Waals surface area contributed by atoms with Gasteiger partial charge < -0.3 is 10.6 Å². The number of sulfonamides is 1. The van der Waals surface area contributed by atoms with Crippen LogP contribution in [0.2, 0.25) is 0 Å². The van der Waals surface area contributed by atoms with E-state index >= 15 is 0 Å². The number of benzene rings is 1. The Morgan fingerprint density at radius 2 is 1.96 bits per heavy atom. The minimum atomic E-state index is -3.31. The van der Waals surface area contributed by atoms with Crippen molar-refractivity contribution in [2.45, 2.75) is 19.8 Å². The Morgan fingerprint density at radius 1 is 1.26 bits per heavy atom. The molecule has 0 bridgehead atoms. The number of hydrogen-bond acceptors (Lipinski definition) is 3. The molecule has 2 rings (SSSR count). The highest BCUT2D eigenvalue weighted by molar-refractivity contribution is 14.0. The molecule has 0 saturated carbocycles. The molecule has 0 radical (unpaired) electrons. The summed E-state index contributed by atoms with van der Waals surface area (Å²) in [6.45, 7) is 3.75. The van der Waals surface area contributed by atoms with Gasteiger partial charge in [0.2, 0.25) is 10.0 Å². The molecule has 0 unspecified atom stereocenters. The molecular formula is C15H25IN4O2S. The van der Waals surface area contributed by atoms with Gasteiger partial charge in [-0.05, 0) is 24.5 Å². The molecule has 23 heavy (non-hydrogen) atoms. The molecule has 0 saturated heterocycles. The Labute approximate surface area is 155 Å². The van der Waals surface area contributed by atoms with Gasteiger partial charge in [0.15, 0.2) is 5.96 Å². The highest BCUT2D eigenvalue weighted by Gasteiger charge is 2.28. The van der Waals surface area contributed by atoms with Gasteiger partial charge in [-0.25, -0.2) is 8.42 Å². The summed E-state index contributed by atoms with van der Waals surface area (Å²) in [5.74, 6) is 0.688. The largest absolute Gasteiger partial charge is 0.356 e. The molecule has 8 heteroatoms. The van der Waals surface area contributed by atoms with E-state index in [0.717, 1.165) is 30.6 Å². The lowest BCUT2D eigenvalue weighted by molar-refractivity contribution is 0.591. The third-order valence-electron chi connectivity index (χ3n) is 3.60. The molecule has 1 aliphatic rings. The smallest absolute Gasteiger partial charge is 0.236 e. The molecule has 130 valence electrons. The van der Waals surface area contributed by atoms with Crippen molar-refractivity contribution in [3.8, 4) is 0 Å². The number of anilines is 1. The Morgan fingerprint density at radius 3 is 2.65 bits per heavy atom. The summed E-state index contributed by atoms with van der Waals surface area (Å²) in [7, 11) is -1.63. The third kappa shape index (κ3) is 5.23. The van der Waals surface area contributed by atoms with Crippen LogP contribution in [0.4, 0.5) is 5.69 Å². The fraction of sp³-hybridized carbons (Fsp3) is 0.533. The summed E-state index contributed by atoms with van der Waals surface area (Å²) in [5.41, 5.74) is 1.91. The number of rotatable bonds is 6. The monoisotopic (exact) mass is 452 g/mol. The van der Waals surface area contributed by atoms with Gasteiger partial charge in [0, 0.05) is 26.7 Å². The molecule has 0 amide bonds. The SMILES string of the molecule is CCCNC(=NC)NCCS(=O)(=O)N1CCc2ccccc21.I. The highest BCUT2D eigenvalue weighted by Crippen LogP contribution is 2.29. The normalized spacial score (nSPS) is 14.2. The summed E-state index contributed by atoms with van der Waals surface area (Å²) in [4.78, 5) is 4.06. The average Bonchev–Trinajstić information content (AvgIpc) is 2.95. The second kappa shape index (κ2) is 9.31. The van der Waals surface area contributed by atoms with Crippen molar-refractivity contribution in [3.05, 3.63) is 29.8 Å². The van der Waals surface area contributed by atoms with E-state index in [2.05, 4.69) is 22.5 Å². The Balaban J connectivity index is 0.00000264. The molecule has 6 nitrogen and oxygen atoms in total. The van der Waals surface area contributed by atoms with E-state index in [9.17, 15) is 8.42 Å². The predicted octanol–water partition coefficient (Wildman–Crippen LogP) is 1.57. The minimum Gasteiger partial charge on any atom is -0.356 e. The van der Waals surface area contributed by atoms with Crippen molar-refractivity contribution in [2.24, 2.45) is 4.99 Å². The van der Waals surface area contributed by atoms with E-state index < -0.39 is 10.0 Å². The van der Waals surface area contributed by atoms with E-state index in [-0.39, 0.29) is 29.7 Å². The fourth-order valence-electron chi connectivity index (χ4n) is 2.47. The van der Waals surface area contributed by atoms with Crippen molar-refractivity contribution in [1.29, 1.82) is 0 Å². The number of halogens is 1. The molecule has 0 aliphatic carbocycles. The number of hydrogen-bond donors (Lipinski definition) is 2. The quantitative estimate of drug-likeness (QED) is 0.391. The second-order valence-corrected chi connectivity index (χ2v) is 7.21. The van der Waals surface area contributed by atoms with Crippen LogP contribution in [-0.4, -0.2) is 46.8 Å². The summed E-state index contributed by atoms with van der Waals surface area (Å²) < 4.78 is 26.5. The summed E-state index contributed by atoms with van der Waals surface area (Å²) in [6.07, 6.45) is 1.77. The molecule has 0 spiro atoms. The topological polar surface area (TPSA) is 73.8 Å². The standard InChI is InChI=1S/C15H24N4O2S.HI/c1-3-9-17-15(16-2)18-10-12-22(20,21)19-11-8-13-6-4-5-7-14(13)19;/h4-7H,3,8-12H2,1-2H3,(H2,16,17,18);1H. The van der Waals surface area contributed by atoms with Crippen LogP contribution in [0.5, 0.6) is 0 Å². The van der Waals surface area contributed by atoms with E-state index in [4.69, 9.17) is 0 Å². The molecule has 0 fully saturated rings. The maximum Gasteiger partial charge on any atom is 0.236 e. The molecule has 1 aromatic rings. The van der Waals surface area contributed by atoms with Crippen molar-refractivity contribution < 1.29 is 8.42 Å². The average molecular weight is 452 g/mol. The van der Waals surface area contributed by atoms with Gasteiger partial charge in [-0.15, -0.1) is 24.0 Å². The summed E-state index contributed by atoms with van der Waals surface area (Å²) in [5, 5.41) is 6.16. The summed E-state index contributed by atoms with van der Waals surface area (Å²) >= 11 is 0. The Kier molecular flexibility index (Phi) is 8.10. The number of nitrogens with zero attached hydrogens (tertiary/aromatic N) is 2. The van der Waals surface area contributed by atoms with E-state index in [1.807, 2.05) is 24.3 Å². The lowest BCUT2D eigenvalue weighted by atomic mass is 10.2. The number of para-hydroxylation sites is 1. The van der Waals surface area contributed by atoms with Crippen molar-refractivity contribution in [1.82, 2.24) is 10.6 Å². The van der Waals surface area contributed by atoms with Crippen LogP contribution in [0.1, 0.15) is 18.9 Å². The predicted molar refractivity (Wildman–Crippen MR) is 106 cm³/mol. The van der Waals surface area contributed by atoms with Gasteiger partial charge >= 0.3 is 0 Å². The molecular weight excluding hydrogens is 427 g/mol. The first-order valence-corrected chi connectivity index (χ1v) is 9.22. The van der Waals surface area contributed by atoms with Crippen LogP contribution in [0.3, 0.4) is 0 Å². The molecule has 0 aromatic heterocycles. The third-order valence-corrected chi connectivity index (χ3v) is 5.37. The van der Waals surface area contributed by atoms with Crippen LogP contribution < -0.4 is 14.9 Å². The van der Waals surface area contributed by atoms with Gasteiger partial charge in [-0.3, -0.25) is 9.30 Å². The Bertz CT molecular complexity index is 634. The van der Waals surface area contributed by atoms with Crippen molar-refractivity contribution >= 4 is 45.6 Å². The van der Waals surface area contributed by atoms with Gasteiger partial charge in [0.05, 0.1) is 11.4 Å². The molecule has 1 aromatic carbocycles. The van der Waals surface area contributed by atoms with Gasteiger partial charge in [0.1, 0.15) is 0 Å². The zero-order chi connectivity index (χ0) is 16.0. The lowest BCUT2D eigenvalue weighted by Gasteiger charge is -2.20. The van der Waals surface area contributed by atoms with Gasteiger partial charge in [-0.1, -0.05) is 25.1 Å². The van der Waals surface area contributed by atoms with E-state index in [1.54, 1.807) is 7.05 Å². The lowest BCUT2D eigenvalue weighted by Crippen LogP contribution is -2.42. The number of fused-ring (bicyclic) bond motifs is 1. The zero-order valence-electron chi connectivity index (χ0n) is 13.6. The van der Waals surface area contributed by atoms with Crippen LogP contribution in [0.25, 0.3) is 0 Å². The zero-order valence-corrected chi connectivity index (χ0v) is 16.7. The van der Waals surface area contributed by atoms with Crippen LogP contribution in [-0.2, 0) is 16.4 Å². The second-order valence-electron chi connectivity index (χ2n) is 5.19. The Hall–Kier alpha value is -1.03. The van der Waals surface area contributed by atoms with Crippen molar-refractivity contribution in [2.75, 3.05) is 36.7 Å². The molecule has 2 N–H and O–H groups in total. The molecule has 1 heterocycles. The molecule has 0 atom stereocenters. The minimum absolute atomic E-state index is 0. The number of nitrogens with one attached hydrogen (secondary N) is 2. The highest BCUT2D eigenvalue weighted by atomic mass is 127. The number of aliphatic imine (C=N–C) groups is 1. The first-order chi connectivity index (χ1) is 10.6. The van der Waals surface area contributed by atoms with E-state index in [1.165, 1.54) is 4.31 Å². The molecule has 1 aliphatic heterocycles. The first kappa shape index (κ1) is 20.0. The van der Waals surface area contributed by atoms with Crippen molar-refractivity contribution in [3.63, 3.8) is 0 Å². The number of guanidine groups is 1. The summed E-state index contributed by atoms with van der Waals surface area (Å²) in [6, 6.07) is 7.68. The fourth-order valence-corrected chi connectivity index (χ4v) is 3.90. The first-order valence-electron chi connectivity index (χ1n) is 7.61. The van der Waals surface area contributed by atoms with Crippen LogP contribution in [0, 0.1) is 0 Å². The maximum absolute atomic E-state index is 12.5. The van der Waals surface area contributed by atoms with E-state index in [0.29, 0.717) is 19.0 Å². The van der Waals surface area contributed by atoms with Crippen LogP contribution >= 0.6 is 24.0 Å². The maximum atomic E-state index is 12.5. The van der Waals surface area contributed by atoms with Gasteiger partial charge in [0.25, 0.3) is 0 Å².